The predicted molar refractivity (Wildman–Crippen MR) is 50.0 cm³/mol. The van der Waals surface area contributed by atoms with Crippen molar-refractivity contribution in [2.45, 2.75) is 26.2 Å². The van der Waals surface area contributed by atoms with Crippen molar-refractivity contribution in [3.8, 4) is 6.07 Å². The molecule has 74 valence electrons. The van der Waals surface area contributed by atoms with Crippen molar-refractivity contribution in [1.82, 2.24) is 4.90 Å². The van der Waals surface area contributed by atoms with E-state index in [1.54, 1.807) is 0 Å². The number of hydrogen-bond acceptors (Lipinski definition) is 2. The fourth-order valence-corrected chi connectivity index (χ4v) is 1.67. The molecule has 0 aromatic rings. The highest BCUT2D eigenvalue weighted by Gasteiger charge is 2.29. The Balaban J connectivity index is 2.27. The Morgan fingerprint density at radius 3 is 2.54 bits per heavy atom. The molecule has 1 saturated heterocycles. The molecule has 1 rings (SSSR count). The van der Waals surface area contributed by atoms with Gasteiger partial charge in [0.15, 0.2) is 0 Å². The molecule has 0 unspecified atom stereocenters. The van der Waals surface area contributed by atoms with Gasteiger partial charge < -0.3 is 4.90 Å². The van der Waals surface area contributed by atoms with Gasteiger partial charge in [-0.15, -0.1) is 0 Å². The van der Waals surface area contributed by atoms with E-state index in [4.69, 9.17) is 5.26 Å². The van der Waals surface area contributed by atoms with Crippen LogP contribution in [-0.4, -0.2) is 31.2 Å². The maximum Gasteiger partial charge on any atom is 0.0906 e. The second-order valence-electron chi connectivity index (χ2n) is 4.06. The van der Waals surface area contributed by atoms with Crippen LogP contribution in [0.5, 0.6) is 0 Å². The van der Waals surface area contributed by atoms with E-state index in [9.17, 15) is 4.39 Å². The number of likely N-dealkylation sites (tertiary alicyclic amines) is 1. The Labute approximate surface area is 79.3 Å². The molecule has 3 heteroatoms. The highest BCUT2D eigenvalue weighted by molar-refractivity contribution is 4.98. The standard InChI is InChI=1S/C10H17FN2/c1-10(9-12)3-7-13(8-4-10)6-2-5-11/h2-8H2,1H3. The molecule has 0 aromatic heterocycles. The lowest BCUT2D eigenvalue weighted by atomic mass is 9.82. The van der Waals surface area contributed by atoms with Crippen molar-refractivity contribution in [3.05, 3.63) is 0 Å². The smallest absolute Gasteiger partial charge is 0.0906 e. The van der Waals surface area contributed by atoms with Crippen molar-refractivity contribution >= 4 is 0 Å². The van der Waals surface area contributed by atoms with Gasteiger partial charge in [0, 0.05) is 6.54 Å². The summed E-state index contributed by atoms with van der Waals surface area (Å²) in [6.07, 6.45) is 2.48. The number of alkyl halides is 1. The number of nitriles is 1. The second kappa shape index (κ2) is 4.57. The Morgan fingerprint density at radius 1 is 1.46 bits per heavy atom. The van der Waals surface area contributed by atoms with E-state index in [0.717, 1.165) is 32.5 Å². The predicted octanol–water partition coefficient (Wildman–Crippen LogP) is 1.97. The third kappa shape index (κ3) is 2.96. The van der Waals surface area contributed by atoms with Crippen LogP contribution in [0.15, 0.2) is 0 Å². The summed E-state index contributed by atoms with van der Waals surface area (Å²) in [5, 5.41) is 8.88. The first-order valence-electron chi connectivity index (χ1n) is 4.90. The van der Waals surface area contributed by atoms with Crippen LogP contribution in [0, 0.1) is 16.7 Å². The average Bonchev–Trinajstić information content (AvgIpc) is 2.17. The summed E-state index contributed by atoms with van der Waals surface area (Å²) >= 11 is 0. The lowest BCUT2D eigenvalue weighted by Gasteiger charge is -2.34. The van der Waals surface area contributed by atoms with E-state index < -0.39 is 0 Å². The first-order chi connectivity index (χ1) is 6.20. The van der Waals surface area contributed by atoms with Gasteiger partial charge in [-0.05, 0) is 39.3 Å². The molecule has 0 amide bonds. The summed E-state index contributed by atoms with van der Waals surface area (Å²) in [5.74, 6) is 0. The van der Waals surface area contributed by atoms with E-state index in [2.05, 4.69) is 11.0 Å². The molecule has 1 aliphatic heterocycles. The van der Waals surface area contributed by atoms with E-state index in [1.165, 1.54) is 0 Å². The Hall–Kier alpha value is -0.620. The van der Waals surface area contributed by atoms with Crippen LogP contribution in [0.25, 0.3) is 0 Å². The van der Waals surface area contributed by atoms with Gasteiger partial charge in [0.25, 0.3) is 0 Å². The molecule has 2 nitrogen and oxygen atoms in total. The number of rotatable bonds is 3. The van der Waals surface area contributed by atoms with Gasteiger partial charge in [0.05, 0.1) is 18.2 Å². The molecular weight excluding hydrogens is 167 g/mol. The number of hydrogen-bond donors (Lipinski definition) is 0. The topological polar surface area (TPSA) is 27.0 Å². The minimum atomic E-state index is -0.230. The molecule has 0 atom stereocenters. The van der Waals surface area contributed by atoms with Gasteiger partial charge in [0.1, 0.15) is 0 Å². The van der Waals surface area contributed by atoms with Crippen molar-refractivity contribution < 1.29 is 4.39 Å². The maximum absolute atomic E-state index is 11.9. The molecule has 0 aliphatic carbocycles. The van der Waals surface area contributed by atoms with Crippen LogP contribution >= 0.6 is 0 Å². The Bertz CT molecular complexity index is 190. The summed E-state index contributed by atoms with van der Waals surface area (Å²) < 4.78 is 11.9. The normalized spacial score (nSPS) is 22.5. The van der Waals surface area contributed by atoms with E-state index in [-0.39, 0.29) is 12.1 Å². The van der Waals surface area contributed by atoms with Crippen molar-refractivity contribution in [3.63, 3.8) is 0 Å². The van der Waals surface area contributed by atoms with Crippen LogP contribution in [0.3, 0.4) is 0 Å². The van der Waals surface area contributed by atoms with Crippen molar-refractivity contribution in [1.29, 1.82) is 5.26 Å². The molecule has 0 radical (unpaired) electrons. The van der Waals surface area contributed by atoms with E-state index in [0.29, 0.717) is 6.42 Å². The molecule has 0 bridgehead atoms. The summed E-state index contributed by atoms with van der Waals surface area (Å²) in [6.45, 7) is 4.53. The molecular formula is C10H17FN2. The minimum absolute atomic E-state index is 0.133. The fraction of sp³-hybridized carbons (Fsp3) is 0.900. The van der Waals surface area contributed by atoms with Crippen molar-refractivity contribution in [2.24, 2.45) is 5.41 Å². The zero-order chi connectivity index (χ0) is 9.73. The highest BCUT2D eigenvalue weighted by atomic mass is 19.1. The second-order valence-corrected chi connectivity index (χ2v) is 4.06. The SMILES string of the molecule is CC1(C#N)CCN(CCCF)CC1. The van der Waals surface area contributed by atoms with Gasteiger partial charge in [-0.25, -0.2) is 0 Å². The average molecular weight is 184 g/mol. The molecule has 1 aliphatic rings. The molecule has 13 heavy (non-hydrogen) atoms. The molecule has 1 heterocycles. The molecule has 0 saturated carbocycles. The molecule has 0 N–H and O–H groups in total. The van der Waals surface area contributed by atoms with Crippen LogP contribution in [-0.2, 0) is 0 Å². The first-order valence-corrected chi connectivity index (χ1v) is 4.90. The molecule has 0 aromatic carbocycles. The van der Waals surface area contributed by atoms with Gasteiger partial charge in [0.2, 0.25) is 0 Å². The third-order valence-corrected chi connectivity index (χ3v) is 2.84. The molecule has 1 fully saturated rings. The lowest BCUT2D eigenvalue weighted by molar-refractivity contribution is 0.152. The van der Waals surface area contributed by atoms with Crippen LogP contribution in [0.4, 0.5) is 4.39 Å². The number of piperidine rings is 1. The van der Waals surface area contributed by atoms with Crippen molar-refractivity contribution in [2.75, 3.05) is 26.3 Å². The summed E-state index contributed by atoms with van der Waals surface area (Å²) in [5.41, 5.74) is -0.133. The summed E-state index contributed by atoms with van der Waals surface area (Å²) in [4.78, 5) is 2.25. The Morgan fingerprint density at radius 2 is 2.08 bits per heavy atom. The monoisotopic (exact) mass is 184 g/mol. The van der Waals surface area contributed by atoms with Crippen LogP contribution < -0.4 is 0 Å². The maximum atomic E-state index is 11.9. The van der Waals surface area contributed by atoms with Gasteiger partial charge in [-0.3, -0.25) is 4.39 Å². The van der Waals surface area contributed by atoms with Gasteiger partial charge >= 0.3 is 0 Å². The van der Waals surface area contributed by atoms with Gasteiger partial charge in [-0.1, -0.05) is 0 Å². The molecule has 0 spiro atoms. The zero-order valence-corrected chi connectivity index (χ0v) is 8.22. The number of nitrogens with zero attached hydrogens (tertiary/aromatic N) is 2. The first kappa shape index (κ1) is 10.5. The van der Waals surface area contributed by atoms with E-state index >= 15 is 0 Å². The largest absolute Gasteiger partial charge is 0.303 e. The summed E-state index contributed by atoms with van der Waals surface area (Å²) in [7, 11) is 0. The quantitative estimate of drug-likeness (QED) is 0.670. The van der Waals surface area contributed by atoms with Crippen LogP contribution in [0.1, 0.15) is 26.2 Å². The minimum Gasteiger partial charge on any atom is -0.303 e. The zero-order valence-electron chi connectivity index (χ0n) is 8.22. The van der Waals surface area contributed by atoms with Gasteiger partial charge in [-0.2, -0.15) is 5.26 Å². The lowest BCUT2D eigenvalue weighted by Crippen LogP contribution is -2.38. The third-order valence-electron chi connectivity index (χ3n) is 2.84. The fourth-order valence-electron chi connectivity index (χ4n) is 1.67. The summed E-state index contributed by atoms with van der Waals surface area (Å²) in [6, 6.07) is 2.36. The highest BCUT2D eigenvalue weighted by Crippen LogP contribution is 2.29. The van der Waals surface area contributed by atoms with E-state index in [1.807, 2.05) is 6.92 Å². The number of halogens is 1. The Kier molecular flexibility index (Phi) is 3.68. The van der Waals surface area contributed by atoms with Crippen LogP contribution in [0.2, 0.25) is 0 Å².